The quantitative estimate of drug-likeness (QED) is 0.829. The molecule has 0 saturated heterocycles. The third kappa shape index (κ3) is 2.77. The number of rotatable bonds is 2. The Morgan fingerprint density at radius 3 is 2.47 bits per heavy atom. The molecule has 2 aromatic rings. The first-order valence-corrected chi connectivity index (χ1v) is 5.80. The number of hydrogen-bond acceptors (Lipinski definition) is 3. The summed E-state index contributed by atoms with van der Waals surface area (Å²) < 4.78 is 1.01. The zero-order valence-electron chi connectivity index (χ0n) is 8.94. The van der Waals surface area contributed by atoms with Crippen molar-refractivity contribution in [2.75, 3.05) is 11.1 Å². The van der Waals surface area contributed by atoms with Crippen LogP contribution in [0.2, 0.25) is 0 Å². The number of halogens is 1. The van der Waals surface area contributed by atoms with Crippen molar-refractivity contribution in [3.8, 4) is 6.07 Å². The third-order valence-corrected chi connectivity index (χ3v) is 2.82. The van der Waals surface area contributed by atoms with E-state index in [-0.39, 0.29) is 0 Å². The highest BCUT2D eigenvalue weighted by molar-refractivity contribution is 9.10. The van der Waals surface area contributed by atoms with Gasteiger partial charge in [0.15, 0.2) is 0 Å². The van der Waals surface area contributed by atoms with Gasteiger partial charge in [0.2, 0.25) is 0 Å². The van der Waals surface area contributed by atoms with Gasteiger partial charge in [0.1, 0.15) is 6.07 Å². The molecule has 2 aromatic carbocycles. The summed E-state index contributed by atoms with van der Waals surface area (Å²) in [5.74, 6) is 0. The van der Waals surface area contributed by atoms with Crippen molar-refractivity contribution in [2.45, 2.75) is 0 Å². The Kier molecular flexibility index (Phi) is 3.31. The van der Waals surface area contributed by atoms with Crippen molar-refractivity contribution < 1.29 is 0 Å². The molecule has 17 heavy (non-hydrogen) atoms. The van der Waals surface area contributed by atoms with E-state index in [1.165, 1.54) is 0 Å². The second-order valence-corrected chi connectivity index (χ2v) is 4.46. The second kappa shape index (κ2) is 4.89. The van der Waals surface area contributed by atoms with Gasteiger partial charge in [0.25, 0.3) is 0 Å². The van der Waals surface area contributed by atoms with Crippen molar-refractivity contribution >= 4 is 33.0 Å². The first-order valence-electron chi connectivity index (χ1n) is 5.01. The molecule has 3 nitrogen and oxygen atoms in total. The van der Waals surface area contributed by atoms with Crippen LogP contribution in [-0.4, -0.2) is 0 Å². The van der Waals surface area contributed by atoms with Crippen molar-refractivity contribution in [3.63, 3.8) is 0 Å². The van der Waals surface area contributed by atoms with Gasteiger partial charge >= 0.3 is 0 Å². The molecule has 4 heteroatoms. The van der Waals surface area contributed by atoms with Crippen LogP contribution >= 0.6 is 15.9 Å². The Morgan fingerprint density at radius 1 is 1.12 bits per heavy atom. The number of nitrogens with zero attached hydrogens (tertiary/aromatic N) is 1. The Hall–Kier alpha value is -1.99. The molecule has 0 radical (unpaired) electrons. The summed E-state index contributed by atoms with van der Waals surface area (Å²) in [6, 6.07) is 15.1. The maximum absolute atomic E-state index is 9.01. The van der Waals surface area contributed by atoms with Crippen LogP contribution in [0.25, 0.3) is 0 Å². The number of nitrogen functional groups attached to an aromatic ring is 1. The van der Waals surface area contributed by atoms with Crippen LogP contribution in [0.15, 0.2) is 46.9 Å². The normalized spacial score (nSPS) is 9.65. The highest BCUT2D eigenvalue weighted by Gasteiger charge is 2.02. The summed E-state index contributed by atoms with van der Waals surface area (Å²) in [6.07, 6.45) is 0. The molecule has 0 bridgehead atoms. The molecular weight excluding hydrogens is 278 g/mol. The predicted octanol–water partition coefficient (Wildman–Crippen LogP) is 3.65. The predicted molar refractivity (Wildman–Crippen MR) is 73.0 cm³/mol. The van der Waals surface area contributed by atoms with E-state index in [1.54, 1.807) is 18.2 Å². The van der Waals surface area contributed by atoms with Crippen LogP contribution in [0, 0.1) is 11.3 Å². The lowest BCUT2D eigenvalue weighted by Gasteiger charge is -2.08. The van der Waals surface area contributed by atoms with E-state index in [4.69, 9.17) is 11.0 Å². The van der Waals surface area contributed by atoms with Gasteiger partial charge in [-0.3, -0.25) is 0 Å². The fraction of sp³-hybridized carbons (Fsp3) is 0. The van der Waals surface area contributed by atoms with E-state index in [9.17, 15) is 0 Å². The number of nitrogens with one attached hydrogen (secondary N) is 1. The van der Waals surface area contributed by atoms with Gasteiger partial charge in [-0.2, -0.15) is 5.26 Å². The fourth-order valence-corrected chi connectivity index (χ4v) is 1.72. The van der Waals surface area contributed by atoms with Crippen LogP contribution in [0.1, 0.15) is 5.56 Å². The van der Waals surface area contributed by atoms with Crippen molar-refractivity contribution in [2.24, 2.45) is 0 Å². The minimum Gasteiger partial charge on any atom is -0.399 e. The smallest absolute Gasteiger partial charge is 0.101 e. The number of benzene rings is 2. The number of nitrogens with two attached hydrogens (primary N) is 1. The second-order valence-electron chi connectivity index (χ2n) is 3.55. The largest absolute Gasteiger partial charge is 0.399 e. The lowest BCUT2D eigenvalue weighted by molar-refractivity contribution is 1.46. The summed E-state index contributed by atoms with van der Waals surface area (Å²) in [5, 5.41) is 12.2. The summed E-state index contributed by atoms with van der Waals surface area (Å²) in [6.45, 7) is 0. The SMILES string of the molecule is N#Cc1cc(N)ccc1Nc1ccc(Br)cc1. The molecule has 0 aliphatic carbocycles. The van der Waals surface area contributed by atoms with E-state index in [2.05, 4.69) is 27.3 Å². The Balaban J connectivity index is 2.30. The Bertz CT molecular complexity index is 570. The van der Waals surface area contributed by atoms with E-state index >= 15 is 0 Å². The average Bonchev–Trinajstić information content (AvgIpc) is 2.34. The molecule has 0 fully saturated rings. The lowest BCUT2D eigenvalue weighted by Crippen LogP contribution is -1.95. The monoisotopic (exact) mass is 287 g/mol. The van der Waals surface area contributed by atoms with Crippen molar-refractivity contribution in [3.05, 3.63) is 52.5 Å². The molecule has 0 unspecified atom stereocenters. The summed E-state index contributed by atoms with van der Waals surface area (Å²) in [5.41, 5.74) is 8.43. The fourth-order valence-electron chi connectivity index (χ4n) is 1.45. The van der Waals surface area contributed by atoms with E-state index in [0.29, 0.717) is 11.3 Å². The first kappa shape index (κ1) is 11.5. The van der Waals surface area contributed by atoms with Crippen LogP contribution < -0.4 is 11.1 Å². The standard InChI is InChI=1S/C13H10BrN3/c14-10-1-4-12(5-2-10)17-13-6-3-11(16)7-9(13)8-15/h1-7,17H,16H2. The van der Waals surface area contributed by atoms with Gasteiger partial charge in [-0.25, -0.2) is 0 Å². The van der Waals surface area contributed by atoms with Gasteiger partial charge in [0, 0.05) is 15.8 Å². The van der Waals surface area contributed by atoms with Crippen LogP contribution in [0.3, 0.4) is 0 Å². The molecule has 0 atom stereocenters. The van der Waals surface area contributed by atoms with E-state index < -0.39 is 0 Å². The summed E-state index contributed by atoms with van der Waals surface area (Å²) in [4.78, 5) is 0. The molecule has 0 aliphatic heterocycles. The van der Waals surface area contributed by atoms with E-state index in [1.807, 2.05) is 24.3 Å². The van der Waals surface area contributed by atoms with Crippen LogP contribution in [0.4, 0.5) is 17.1 Å². The molecule has 0 spiro atoms. The van der Waals surface area contributed by atoms with Gasteiger partial charge in [-0.15, -0.1) is 0 Å². The topological polar surface area (TPSA) is 61.8 Å². The molecule has 0 aliphatic rings. The molecule has 0 heterocycles. The molecule has 0 aromatic heterocycles. The highest BCUT2D eigenvalue weighted by Crippen LogP contribution is 2.23. The molecular formula is C13H10BrN3. The maximum Gasteiger partial charge on any atom is 0.101 e. The zero-order valence-corrected chi connectivity index (χ0v) is 10.5. The van der Waals surface area contributed by atoms with Crippen LogP contribution in [0.5, 0.6) is 0 Å². The van der Waals surface area contributed by atoms with Gasteiger partial charge in [0.05, 0.1) is 11.3 Å². The maximum atomic E-state index is 9.01. The summed E-state index contributed by atoms with van der Waals surface area (Å²) in [7, 11) is 0. The van der Waals surface area contributed by atoms with Gasteiger partial charge < -0.3 is 11.1 Å². The Morgan fingerprint density at radius 2 is 1.82 bits per heavy atom. The summed E-state index contributed by atoms with van der Waals surface area (Å²) >= 11 is 3.37. The number of anilines is 3. The first-order chi connectivity index (χ1) is 8.19. The zero-order chi connectivity index (χ0) is 12.3. The number of hydrogen-bond donors (Lipinski definition) is 2. The highest BCUT2D eigenvalue weighted by atomic mass is 79.9. The van der Waals surface area contributed by atoms with Gasteiger partial charge in [-0.1, -0.05) is 15.9 Å². The minimum atomic E-state index is 0.535. The minimum absolute atomic E-state index is 0.535. The molecule has 3 N–H and O–H groups in total. The van der Waals surface area contributed by atoms with Crippen molar-refractivity contribution in [1.29, 1.82) is 5.26 Å². The van der Waals surface area contributed by atoms with Crippen LogP contribution in [-0.2, 0) is 0 Å². The molecule has 0 amide bonds. The van der Waals surface area contributed by atoms with E-state index in [0.717, 1.165) is 15.8 Å². The average molecular weight is 288 g/mol. The third-order valence-electron chi connectivity index (χ3n) is 2.29. The molecule has 0 saturated carbocycles. The lowest BCUT2D eigenvalue weighted by atomic mass is 10.1. The number of nitriles is 1. The van der Waals surface area contributed by atoms with Crippen molar-refractivity contribution in [1.82, 2.24) is 0 Å². The molecule has 84 valence electrons. The molecule has 2 rings (SSSR count). The van der Waals surface area contributed by atoms with Gasteiger partial charge in [-0.05, 0) is 42.5 Å². The Labute approximate surface area is 108 Å².